The van der Waals surface area contributed by atoms with Crippen LogP contribution in [0.2, 0.25) is 18.1 Å². The van der Waals surface area contributed by atoms with Gasteiger partial charge in [-0.3, -0.25) is 19.9 Å². The molecule has 40 heavy (non-hydrogen) atoms. The van der Waals surface area contributed by atoms with Crippen molar-refractivity contribution in [2.75, 3.05) is 19.8 Å². The fourth-order valence-corrected chi connectivity index (χ4v) is 6.40. The molecule has 2 unspecified atom stereocenters. The third-order valence-electron chi connectivity index (χ3n) is 6.95. The molecule has 1 heterocycles. The second-order valence-corrected chi connectivity index (χ2v) is 18.8. The first-order valence-corrected chi connectivity index (χ1v) is 17.4. The molecule has 0 spiro atoms. The normalized spacial score (nSPS) is 18.9. The first-order chi connectivity index (χ1) is 18.2. The fraction of sp³-hybridized carbons (Fsp3) is 0.593. The van der Waals surface area contributed by atoms with E-state index in [1.807, 2.05) is 0 Å². The van der Waals surface area contributed by atoms with Gasteiger partial charge in [0.05, 0.1) is 30.2 Å². The van der Waals surface area contributed by atoms with Gasteiger partial charge in [-0.1, -0.05) is 55.1 Å². The molecule has 1 aromatic rings. The number of amides is 1. The Hall–Kier alpha value is -2.58. The van der Waals surface area contributed by atoms with Crippen LogP contribution in [0, 0.1) is 10.1 Å². The number of ether oxygens (including phenoxy) is 1. The van der Waals surface area contributed by atoms with Crippen molar-refractivity contribution >= 4 is 30.1 Å². The largest absolute Gasteiger partial charge is 0.444 e. The quantitative estimate of drug-likeness (QED) is 0.146. The molecule has 1 amide bonds. The Morgan fingerprint density at radius 3 is 2.35 bits per heavy atom. The van der Waals surface area contributed by atoms with E-state index in [1.54, 1.807) is 33.8 Å². The van der Waals surface area contributed by atoms with Gasteiger partial charge in [0.15, 0.2) is 13.2 Å². The average molecular weight is 598 g/mol. The number of benzene rings is 1. The maximum Gasteiger partial charge on any atom is 0.410 e. The molecular weight excluding hydrogens is 554 g/mol. The van der Waals surface area contributed by atoms with Crippen LogP contribution < -0.4 is 0 Å². The molecule has 0 saturated carbocycles. The third-order valence-corrected chi connectivity index (χ3v) is 13.2. The van der Waals surface area contributed by atoms with Gasteiger partial charge in [-0.2, -0.15) is 0 Å². The lowest BCUT2D eigenvalue weighted by molar-refractivity contribution is -0.388. The summed E-state index contributed by atoms with van der Waals surface area (Å²) in [5.41, 5.74) is -0.796. The maximum absolute atomic E-state index is 13.8. The van der Waals surface area contributed by atoms with Gasteiger partial charge in [0.2, 0.25) is 0 Å². The van der Waals surface area contributed by atoms with Crippen molar-refractivity contribution in [1.29, 1.82) is 0 Å². The molecule has 0 saturated heterocycles. The Labute approximate surface area is 239 Å². The molecule has 0 aliphatic carbocycles. The molecule has 13 heteroatoms. The van der Waals surface area contributed by atoms with Gasteiger partial charge in [0, 0.05) is 12.6 Å². The molecule has 11 nitrogen and oxygen atoms in total. The van der Waals surface area contributed by atoms with Crippen LogP contribution in [0.5, 0.6) is 0 Å². The maximum atomic E-state index is 13.8. The van der Waals surface area contributed by atoms with Crippen LogP contribution >= 0.6 is 0 Å². The number of nitro benzene ring substituents is 1. The number of hydroxylamine groups is 1. The van der Waals surface area contributed by atoms with Crippen LogP contribution in [-0.2, 0) is 24.0 Å². The molecule has 0 N–H and O–H groups in total. The van der Waals surface area contributed by atoms with E-state index in [0.717, 1.165) is 16.6 Å². The molecule has 1 aliphatic heterocycles. The zero-order valence-corrected chi connectivity index (χ0v) is 26.8. The van der Waals surface area contributed by atoms with E-state index in [4.69, 9.17) is 14.0 Å². The lowest BCUT2D eigenvalue weighted by atomic mass is 10.00. The summed E-state index contributed by atoms with van der Waals surface area (Å²) in [6.45, 7) is 21.0. The number of nitro groups is 1. The Morgan fingerprint density at radius 1 is 1.23 bits per heavy atom. The van der Waals surface area contributed by atoms with Gasteiger partial charge < -0.3 is 9.16 Å². The minimum atomic E-state index is -4.56. The first-order valence-electron chi connectivity index (χ1n) is 13.1. The van der Waals surface area contributed by atoms with Crippen LogP contribution in [0.4, 0.5) is 10.5 Å². The van der Waals surface area contributed by atoms with Crippen molar-refractivity contribution in [3.8, 4) is 0 Å². The number of nitrogens with zero attached hydrogens (tertiary/aromatic N) is 3. The Morgan fingerprint density at radius 2 is 1.82 bits per heavy atom. The summed E-state index contributed by atoms with van der Waals surface area (Å²) >= 11 is 0. The van der Waals surface area contributed by atoms with E-state index < -0.39 is 57.6 Å². The highest BCUT2D eigenvalue weighted by molar-refractivity contribution is 7.89. The molecule has 224 valence electrons. The van der Waals surface area contributed by atoms with Crippen LogP contribution in [0.3, 0.4) is 0 Å². The molecule has 0 radical (unpaired) electrons. The van der Waals surface area contributed by atoms with Crippen LogP contribution in [0.25, 0.3) is 0 Å². The summed E-state index contributed by atoms with van der Waals surface area (Å²) in [6, 6.07) is 3.52. The second kappa shape index (κ2) is 12.5. The van der Waals surface area contributed by atoms with Crippen LogP contribution in [0.1, 0.15) is 48.5 Å². The van der Waals surface area contributed by atoms with Crippen molar-refractivity contribution in [2.45, 2.75) is 89.2 Å². The lowest BCUT2D eigenvalue weighted by Crippen LogP contribution is -2.57. The highest BCUT2D eigenvalue weighted by atomic mass is 32.2. The van der Waals surface area contributed by atoms with E-state index in [1.165, 1.54) is 23.1 Å². The van der Waals surface area contributed by atoms with E-state index in [2.05, 4.69) is 40.4 Å². The van der Waals surface area contributed by atoms with Crippen molar-refractivity contribution < 1.29 is 32.1 Å². The predicted octanol–water partition coefficient (Wildman–Crippen LogP) is 5.66. The second-order valence-electron chi connectivity index (χ2n) is 12.3. The number of carbonyl (C=O) groups is 1. The van der Waals surface area contributed by atoms with Crippen molar-refractivity contribution in [3.05, 3.63) is 58.7 Å². The number of carbonyl (C=O) groups excluding carboxylic acids is 1. The zero-order valence-electron chi connectivity index (χ0n) is 25.0. The summed E-state index contributed by atoms with van der Waals surface area (Å²) in [6.07, 6.45) is 2.49. The molecule has 0 aromatic heterocycles. The van der Waals surface area contributed by atoms with Crippen molar-refractivity contribution in [2.24, 2.45) is 0 Å². The summed E-state index contributed by atoms with van der Waals surface area (Å²) in [4.78, 5) is 30.9. The van der Waals surface area contributed by atoms with Gasteiger partial charge in [-0.05, 0) is 51.9 Å². The highest BCUT2D eigenvalue weighted by Crippen LogP contribution is 2.37. The fourth-order valence-electron chi connectivity index (χ4n) is 3.76. The van der Waals surface area contributed by atoms with E-state index in [0.29, 0.717) is 5.57 Å². The van der Waals surface area contributed by atoms with Crippen molar-refractivity contribution in [3.63, 3.8) is 0 Å². The monoisotopic (exact) mass is 597 g/mol. The van der Waals surface area contributed by atoms with Gasteiger partial charge in [0.25, 0.3) is 15.7 Å². The molecule has 2 rings (SSSR count). The minimum Gasteiger partial charge on any atom is -0.444 e. The van der Waals surface area contributed by atoms with Gasteiger partial charge in [-0.15, -0.1) is 6.58 Å². The zero-order chi connectivity index (χ0) is 30.7. The van der Waals surface area contributed by atoms with E-state index >= 15 is 0 Å². The predicted molar refractivity (Wildman–Crippen MR) is 156 cm³/mol. The lowest BCUT2D eigenvalue weighted by Gasteiger charge is -2.43. The number of hydrogen-bond acceptors (Lipinski definition) is 8. The van der Waals surface area contributed by atoms with Gasteiger partial charge in [0.1, 0.15) is 5.60 Å². The summed E-state index contributed by atoms with van der Waals surface area (Å²) in [5.74, 6) is 0. The highest BCUT2D eigenvalue weighted by Gasteiger charge is 2.44. The van der Waals surface area contributed by atoms with Crippen LogP contribution in [-0.4, -0.2) is 74.6 Å². The van der Waals surface area contributed by atoms with Crippen molar-refractivity contribution in [1.82, 2.24) is 9.37 Å². The Bertz CT molecular complexity index is 1230. The number of hydrogen-bond donors (Lipinski definition) is 0. The molecule has 0 bridgehead atoms. The van der Waals surface area contributed by atoms with Crippen LogP contribution in [0.15, 0.2) is 53.5 Å². The summed E-state index contributed by atoms with van der Waals surface area (Å²) < 4.78 is 40.5. The molecule has 2 atom stereocenters. The molecule has 0 fully saturated rings. The third kappa shape index (κ3) is 8.00. The first kappa shape index (κ1) is 33.6. The summed E-state index contributed by atoms with van der Waals surface area (Å²) in [5, 5.41) is 11.6. The number of para-hydroxylation sites is 1. The number of rotatable bonds is 10. The average Bonchev–Trinajstić information content (AvgIpc) is 2.81. The Balaban J connectivity index is 2.60. The standard InChI is InChI=1S/C27H43N3O8SSi/c1-11-16-36-30(39(34,35)24-15-13-12-14-22(24)29(32)33)23-18-28(25(31)38-26(3,4)5)21(17-20(23)2)19-37-40(9,10)27(6,7)8/h11-15,17,21,23H,1,16,18-19H2,2-10H3. The van der Waals surface area contributed by atoms with E-state index in [9.17, 15) is 23.3 Å². The SMILES string of the molecule is C=CCON(C1CN(C(=O)OC(C)(C)C)C(CO[Si](C)(C)C(C)(C)C)C=C1C)S(=O)(=O)c1ccccc1[N+](=O)[O-]. The molecular formula is C27H43N3O8SSi. The smallest absolute Gasteiger partial charge is 0.410 e. The molecule has 1 aromatic carbocycles. The van der Waals surface area contributed by atoms with Gasteiger partial charge in [-0.25, -0.2) is 13.2 Å². The van der Waals surface area contributed by atoms with Gasteiger partial charge >= 0.3 is 6.09 Å². The minimum absolute atomic E-state index is 0.0620. The summed E-state index contributed by atoms with van der Waals surface area (Å²) in [7, 11) is -6.74. The topological polar surface area (TPSA) is 129 Å². The van der Waals surface area contributed by atoms with E-state index in [-0.39, 0.29) is 24.8 Å². The molecule has 1 aliphatic rings. The number of sulfonamides is 1. The Kier molecular flexibility index (Phi) is 10.5.